The van der Waals surface area contributed by atoms with Crippen molar-refractivity contribution in [1.29, 1.82) is 0 Å². The molecule has 7 nitrogen and oxygen atoms in total. The van der Waals surface area contributed by atoms with Gasteiger partial charge in [0, 0.05) is 24.2 Å². The molecule has 1 amide bonds. The highest BCUT2D eigenvalue weighted by molar-refractivity contribution is 6.46. The Morgan fingerprint density at radius 3 is 2.44 bits per heavy atom. The van der Waals surface area contributed by atoms with E-state index in [4.69, 9.17) is 9.47 Å². The smallest absolute Gasteiger partial charge is 0.295 e. The lowest BCUT2D eigenvalue weighted by Crippen LogP contribution is -2.35. The van der Waals surface area contributed by atoms with E-state index < -0.39 is 17.7 Å². The van der Waals surface area contributed by atoms with Crippen molar-refractivity contribution in [1.82, 2.24) is 9.80 Å². The van der Waals surface area contributed by atoms with E-state index in [9.17, 15) is 14.7 Å². The average Bonchev–Trinajstić information content (AvgIpc) is 3.07. The van der Waals surface area contributed by atoms with Gasteiger partial charge in [0.15, 0.2) is 0 Å². The first-order valence-electron chi connectivity index (χ1n) is 11.5. The summed E-state index contributed by atoms with van der Waals surface area (Å²) in [6.07, 6.45) is 0. The third-order valence-electron chi connectivity index (χ3n) is 5.97. The van der Waals surface area contributed by atoms with Crippen molar-refractivity contribution < 1.29 is 24.2 Å². The van der Waals surface area contributed by atoms with E-state index in [1.54, 1.807) is 25.3 Å². The summed E-state index contributed by atoms with van der Waals surface area (Å²) in [5, 5.41) is 11.4. The van der Waals surface area contributed by atoms with Crippen LogP contribution in [0.4, 0.5) is 0 Å². The van der Waals surface area contributed by atoms with Gasteiger partial charge in [0.25, 0.3) is 11.7 Å². The second-order valence-corrected chi connectivity index (χ2v) is 8.88. The highest BCUT2D eigenvalue weighted by atomic mass is 16.5. The van der Waals surface area contributed by atoms with Crippen LogP contribution < -0.4 is 9.47 Å². The van der Waals surface area contributed by atoms with Crippen LogP contribution in [0.5, 0.6) is 11.5 Å². The Hall–Kier alpha value is -3.32. The minimum Gasteiger partial charge on any atom is -0.507 e. The lowest BCUT2D eigenvalue weighted by molar-refractivity contribution is -0.140. The summed E-state index contributed by atoms with van der Waals surface area (Å²) in [6, 6.07) is 11.9. The third-order valence-corrected chi connectivity index (χ3v) is 5.97. The monoisotopic (exact) mass is 466 g/mol. The van der Waals surface area contributed by atoms with Gasteiger partial charge in [-0.25, -0.2) is 0 Å². The number of aliphatic hydroxyl groups excluding tert-OH is 1. The summed E-state index contributed by atoms with van der Waals surface area (Å²) in [7, 11) is 5.36. The molecule has 1 heterocycles. The summed E-state index contributed by atoms with van der Waals surface area (Å²) in [5.74, 6) is -0.110. The average molecular weight is 467 g/mol. The molecule has 0 aromatic heterocycles. The number of benzene rings is 2. The molecule has 1 aliphatic rings. The molecule has 0 radical (unpaired) electrons. The van der Waals surface area contributed by atoms with Crippen molar-refractivity contribution in [2.45, 2.75) is 32.7 Å². The highest BCUT2D eigenvalue weighted by Gasteiger charge is 2.46. The van der Waals surface area contributed by atoms with Crippen LogP contribution in [0.15, 0.2) is 48.0 Å². The van der Waals surface area contributed by atoms with E-state index in [-0.39, 0.29) is 17.3 Å². The zero-order valence-electron chi connectivity index (χ0n) is 20.8. The lowest BCUT2D eigenvalue weighted by Gasteiger charge is -2.27. The molecule has 0 saturated carbocycles. The first-order valence-corrected chi connectivity index (χ1v) is 11.5. The number of ketones is 1. The minimum absolute atomic E-state index is 0.0622. The molecule has 2 aromatic rings. The zero-order chi connectivity index (χ0) is 25.0. The Balaban J connectivity index is 2.21. The van der Waals surface area contributed by atoms with Crippen LogP contribution in [-0.2, 0) is 9.59 Å². The van der Waals surface area contributed by atoms with Gasteiger partial charge in [-0.05, 0) is 56.8 Å². The fraction of sp³-hybridized carbons (Fsp3) is 0.407. The molecule has 7 heteroatoms. The first-order chi connectivity index (χ1) is 16.2. The molecule has 1 atom stereocenters. The standard InChI is InChI=1S/C27H34N2O5/c1-7-34-22-13-12-18(16-20(22)17(2)3)25(30)23-24(19-10-8-9-11-21(19)33-6)29(15-14-28(4)5)27(32)26(23)31/h8-13,16-17,24,30H,7,14-15H2,1-6H3/b25-23+. The van der Waals surface area contributed by atoms with E-state index in [0.29, 0.717) is 36.6 Å². The molecule has 182 valence electrons. The van der Waals surface area contributed by atoms with Crippen LogP contribution in [0.25, 0.3) is 5.76 Å². The maximum absolute atomic E-state index is 13.3. The van der Waals surface area contributed by atoms with Crippen molar-refractivity contribution in [3.63, 3.8) is 0 Å². The molecule has 0 aliphatic carbocycles. The molecule has 0 spiro atoms. The Labute approximate surface area is 201 Å². The van der Waals surface area contributed by atoms with Crippen LogP contribution in [0.1, 0.15) is 49.4 Å². The number of amides is 1. The highest BCUT2D eigenvalue weighted by Crippen LogP contribution is 2.43. The van der Waals surface area contributed by atoms with Gasteiger partial charge in [0.2, 0.25) is 0 Å². The Morgan fingerprint density at radius 1 is 1.12 bits per heavy atom. The minimum atomic E-state index is -0.759. The molecule has 1 fully saturated rings. The van der Waals surface area contributed by atoms with Gasteiger partial charge in [-0.15, -0.1) is 0 Å². The maximum Gasteiger partial charge on any atom is 0.295 e. The molecule has 1 saturated heterocycles. The molecule has 34 heavy (non-hydrogen) atoms. The molecule has 0 bridgehead atoms. The van der Waals surface area contributed by atoms with E-state index in [1.807, 2.05) is 64.0 Å². The Morgan fingerprint density at radius 2 is 1.82 bits per heavy atom. The Kier molecular flexibility index (Phi) is 7.99. The van der Waals surface area contributed by atoms with E-state index in [1.165, 1.54) is 4.90 Å². The SMILES string of the molecule is CCOc1ccc(/C(O)=C2\C(=O)C(=O)N(CCN(C)C)C2c2ccccc2OC)cc1C(C)C. The number of methoxy groups -OCH3 is 1. The van der Waals surface area contributed by atoms with Gasteiger partial charge in [0.1, 0.15) is 17.3 Å². The number of likely N-dealkylation sites (N-methyl/N-ethyl adjacent to an activating group) is 1. The van der Waals surface area contributed by atoms with Gasteiger partial charge in [-0.3, -0.25) is 9.59 Å². The molecular formula is C27H34N2O5. The van der Waals surface area contributed by atoms with Crippen molar-refractivity contribution in [3.05, 3.63) is 64.7 Å². The number of ether oxygens (including phenoxy) is 2. The summed E-state index contributed by atoms with van der Waals surface area (Å²) in [4.78, 5) is 29.8. The number of para-hydroxylation sites is 1. The van der Waals surface area contributed by atoms with Crippen molar-refractivity contribution in [2.24, 2.45) is 0 Å². The number of rotatable bonds is 9. The van der Waals surface area contributed by atoms with Gasteiger partial charge in [-0.2, -0.15) is 0 Å². The summed E-state index contributed by atoms with van der Waals surface area (Å²) in [5.41, 5.74) is 2.10. The second kappa shape index (κ2) is 10.7. The maximum atomic E-state index is 13.3. The topological polar surface area (TPSA) is 79.3 Å². The zero-order valence-corrected chi connectivity index (χ0v) is 20.8. The van der Waals surface area contributed by atoms with Gasteiger partial charge in [-0.1, -0.05) is 32.0 Å². The number of hydrogen-bond donors (Lipinski definition) is 1. The molecule has 1 aliphatic heterocycles. The number of carbonyl (C=O) groups excluding carboxylic acids is 2. The number of carbonyl (C=O) groups is 2. The predicted molar refractivity (Wildman–Crippen MR) is 132 cm³/mol. The van der Waals surface area contributed by atoms with E-state index in [2.05, 4.69) is 0 Å². The molecule has 1 unspecified atom stereocenters. The number of nitrogens with zero attached hydrogens (tertiary/aromatic N) is 2. The Bertz CT molecular complexity index is 1090. The van der Waals surface area contributed by atoms with Crippen LogP contribution in [0.3, 0.4) is 0 Å². The third kappa shape index (κ3) is 4.94. The van der Waals surface area contributed by atoms with Crippen molar-refractivity contribution in [2.75, 3.05) is 40.9 Å². The van der Waals surface area contributed by atoms with E-state index in [0.717, 1.165) is 11.3 Å². The number of aliphatic hydroxyl groups is 1. The number of hydrogen-bond acceptors (Lipinski definition) is 6. The lowest BCUT2D eigenvalue weighted by atomic mass is 9.92. The molecule has 3 rings (SSSR count). The predicted octanol–water partition coefficient (Wildman–Crippen LogP) is 4.20. The second-order valence-electron chi connectivity index (χ2n) is 8.88. The van der Waals surface area contributed by atoms with Gasteiger partial charge < -0.3 is 24.4 Å². The van der Waals surface area contributed by atoms with Gasteiger partial charge in [0.05, 0.1) is 25.3 Å². The van der Waals surface area contributed by atoms with Crippen molar-refractivity contribution in [3.8, 4) is 11.5 Å². The fourth-order valence-electron chi connectivity index (χ4n) is 4.22. The summed E-state index contributed by atoms with van der Waals surface area (Å²) >= 11 is 0. The van der Waals surface area contributed by atoms with Crippen LogP contribution >= 0.6 is 0 Å². The summed E-state index contributed by atoms with van der Waals surface area (Å²) < 4.78 is 11.3. The van der Waals surface area contributed by atoms with Crippen LogP contribution in [0.2, 0.25) is 0 Å². The number of Topliss-reactive ketones (excluding diaryl/α,β-unsaturated/α-hetero) is 1. The van der Waals surface area contributed by atoms with Gasteiger partial charge >= 0.3 is 0 Å². The largest absolute Gasteiger partial charge is 0.507 e. The van der Waals surface area contributed by atoms with E-state index >= 15 is 0 Å². The fourth-order valence-corrected chi connectivity index (χ4v) is 4.22. The van der Waals surface area contributed by atoms with Crippen LogP contribution in [-0.4, -0.2) is 67.5 Å². The first kappa shape index (κ1) is 25.3. The number of likely N-dealkylation sites (tertiary alicyclic amines) is 1. The quantitative estimate of drug-likeness (QED) is 0.339. The normalized spacial score (nSPS) is 17.6. The molecular weight excluding hydrogens is 432 g/mol. The molecule has 2 aromatic carbocycles. The summed E-state index contributed by atoms with van der Waals surface area (Å²) in [6.45, 7) is 7.42. The molecule has 1 N–H and O–H groups in total. The van der Waals surface area contributed by atoms with Crippen molar-refractivity contribution >= 4 is 17.4 Å². The van der Waals surface area contributed by atoms with Crippen LogP contribution in [0, 0.1) is 0 Å².